The zero-order chi connectivity index (χ0) is 14.3. The first-order chi connectivity index (χ1) is 8.72. The van der Waals surface area contributed by atoms with Gasteiger partial charge in [-0.2, -0.15) is 4.31 Å². The molecule has 1 saturated heterocycles. The molecular weight excluding hydrogens is 272 g/mol. The molecular formula is C11H16N2O5S. The molecule has 0 saturated carbocycles. The van der Waals surface area contributed by atoms with Crippen LogP contribution >= 0.6 is 0 Å². The van der Waals surface area contributed by atoms with E-state index in [1.54, 1.807) is 6.92 Å². The number of H-pyrrole nitrogens is 1. The molecule has 1 atom stereocenters. The van der Waals surface area contributed by atoms with E-state index in [2.05, 4.69) is 4.98 Å². The molecule has 2 rings (SSSR count). The van der Waals surface area contributed by atoms with Crippen molar-refractivity contribution in [3.05, 3.63) is 18.0 Å². The van der Waals surface area contributed by atoms with E-state index < -0.39 is 21.6 Å². The van der Waals surface area contributed by atoms with E-state index in [1.807, 2.05) is 0 Å². The van der Waals surface area contributed by atoms with Crippen molar-refractivity contribution in [3.8, 4) is 0 Å². The fourth-order valence-corrected chi connectivity index (χ4v) is 3.77. The van der Waals surface area contributed by atoms with Crippen molar-refractivity contribution in [2.45, 2.75) is 30.3 Å². The summed E-state index contributed by atoms with van der Waals surface area (Å²) >= 11 is 0. The SMILES string of the molecule is CC1(O)CCCN(S(=O)(=O)c2c[nH]c(C(=O)O)c2)C1. The maximum absolute atomic E-state index is 12.3. The predicted molar refractivity (Wildman–Crippen MR) is 66.4 cm³/mol. The Morgan fingerprint density at radius 3 is 2.74 bits per heavy atom. The van der Waals surface area contributed by atoms with Crippen LogP contribution in [0.25, 0.3) is 0 Å². The van der Waals surface area contributed by atoms with Crippen molar-refractivity contribution in [3.63, 3.8) is 0 Å². The van der Waals surface area contributed by atoms with Crippen LogP contribution in [0.5, 0.6) is 0 Å². The maximum Gasteiger partial charge on any atom is 0.352 e. The van der Waals surface area contributed by atoms with Crippen LogP contribution in [0.4, 0.5) is 0 Å². The largest absolute Gasteiger partial charge is 0.477 e. The number of rotatable bonds is 3. The number of aromatic nitrogens is 1. The highest BCUT2D eigenvalue weighted by Crippen LogP contribution is 2.26. The fraction of sp³-hybridized carbons (Fsp3) is 0.545. The monoisotopic (exact) mass is 288 g/mol. The van der Waals surface area contributed by atoms with E-state index in [-0.39, 0.29) is 17.1 Å². The standard InChI is InChI=1S/C11H16N2O5S/c1-11(16)3-2-4-13(7-11)19(17,18)8-5-9(10(14)15)12-6-8/h5-6,12,16H,2-4,7H2,1H3,(H,14,15). The fourth-order valence-electron chi connectivity index (χ4n) is 2.18. The molecule has 1 fully saturated rings. The summed E-state index contributed by atoms with van der Waals surface area (Å²) in [4.78, 5) is 13.0. The van der Waals surface area contributed by atoms with E-state index >= 15 is 0 Å². The first-order valence-electron chi connectivity index (χ1n) is 5.87. The van der Waals surface area contributed by atoms with Gasteiger partial charge in [-0.25, -0.2) is 13.2 Å². The molecule has 1 aliphatic rings. The van der Waals surface area contributed by atoms with Crippen LogP contribution < -0.4 is 0 Å². The van der Waals surface area contributed by atoms with E-state index in [1.165, 1.54) is 4.31 Å². The van der Waals surface area contributed by atoms with Crippen molar-refractivity contribution in [2.24, 2.45) is 0 Å². The highest BCUT2D eigenvalue weighted by Gasteiger charge is 2.36. The van der Waals surface area contributed by atoms with Crippen molar-refractivity contribution in [1.82, 2.24) is 9.29 Å². The number of hydrogen-bond donors (Lipinski definition) is 3. The third-order valence-electron chi connectivity index (χ3n) is 3.16. The van der Waals surface area contributed by atoms with Gasteiger partial charge in [-0.3, -0.25) is 0 Å². The summed E-state index contributed by atoms with van der Waals surface area (Å²) in [6, 6.07) is 1.08. The summed E-state index contributed by atoms with van der Waals surface area (Å²) in [5.74, 6) is -1.22. The number of nitrogens with zero attached hydrogens (tertiary/aromatic N) is 1. The number of carboxylic acid groups (broad SMARTS) is 1. The minimum absolute atomic E-state index is 0.0168. The number of aromatic carboxylic acids is 1. The Kier molecular flexibility index (Phi) is 3.41. The van der Waals surface area contributed by atoms with Crippen LogP contribution in [0.15, 0.2) is 17.2 Å². The average molecular weight is 288 g/mol. The van der Waals surface area contributed by atoms with Gasteiger partial charge in [0.2, 0.25) is 10.0 Å². The number of β-amino-alcohol motifs (C(OH)–C–C–N with tert-alkyl or cyclic N) is 1. The molecule has 1 aromatic heterocycles. The third-order valence-corrected chi connectivity index (χ3v) is 4.99. The average Bonchev–Trinajstić information content (AvgIpc) is 2.77. The van der Waals surface area contributed by atoms with Crippen LogP contribution in [0, 0.1) is 0 Å². The Bertz CT molecular complexity index is 590. The third kappa shape index (κ3) is 2.80. The highest BCUT2D eigenvalue weighted by molar-refractivity contribution is 7.89. The lowest BCUT2D eigenvalue weighted by Crippen LogP contribution is -2.48. The summed E-state index contributed by atoms with van der Waals surface area (Å²) in [7, 11) is -3.77. The Labute approximate surface area is 110 Å². The number of carbonyl (C=O) groups is 1. The lowest BCUT2D eigenvalue weighted by molar-refractivity contribution is 0.00939. The topological polar surface area (TPSA) is 111 Å². The van der Waals surface area contributed by atoms with Crippen LogP contribution in [0.3, 0.4) is 0 Å². The molecule has 7 nitrogen and oxygen atoms in total. The number of sulfonamides is 1. The van der Waals surface area contributed by atoms with E-state index in [4.69, 9.17) is 5.11 Å². The van der Waals surface area contributed by atoms with Gasteiger partial charge in [-0.15, -0.1) is 0 Å². The molecule has 106 valence electrons. The molecule has 3 N–H and O–H groups in total. The number of hydrogen-bond acceptors (Lipinski definition) is 4. The molecule has 0 spiro atoms. The van der Waals surface area contributed by atoms with Gasteiger partial charge in [0.05, 0.1) is 5.60 Å². The van der Waals surface area contributed by atoms with Crippen LogP contribution in [-0.4, -0.2) is 52.6 Å². The second-order valence-electron chi connectivity index (χ2n) is 4.99. The Balaban J connectivity index is 2.28. The van der Waals surface area contributed by atoms with Gasteiger partial charge < -0.3 is 15.2 Å². The molecule has 2 heterocycles. The first kappa shape index (κ1) is 14.0. The second kappa shape index (κ2) is 4.62. The Morgan fingerprint density at radius 1 is 1.53 bits per heavy atom. The molecule has 0 aliphatic carbocycles. The normalized spacial score (nSPS) is 25.4. The highest BCUT2D eigenvalue weighted by atomic mass is 32.2. The molecule has 0 amide bonds. The van der Waals surface area contributed by atoms with Crippen LogP contribution in [0.1, 0.15) is 30.3 Å². The minimum atomic E-state index is -3.77. The van der Waals surface area contributed by atoms with E-state index in [9.17, 15) is 18.3 Å². The van der Waals surface area contributed by atoms with Gasteiger partial charge in [-0.05, 0) is 25.8 Å². The summed E-state index contributed by atoms with van der Waals surface area (Å²) in [5, 5.41) is 18.7. The smallest absolute Gasteiger partial charge is 0.352 e. The molecule has 1 aromatic rings. The van der Waals surface area contributed by atoms with Crippen molar-refractivity contribution in [1.29, 1.82) is 0 Å². The van der Waals surface area contributed by atoms with Crippen LogP contribution in [-0.2, 0) is 10.0 Å². The molecule has 0 aromatic carbocycles. The van der Waals surface area contributed by atoms with Crippen molar-refractivity contribution < 1.29 is 23.4 Å². The second-order valence-corrected chi connectivity index (χ2v) is 6.93. The summed E-state index contributed by atoms with van der Waals surface area (Å²) in [6.45, 7) is 1.93. The lowest BCUT2D eigenvalue weighted by Gasteiger charge is -2.35. The zero-order valence-corrected chi connectivity index (χ0v) is 11.3. The number of carboxylic acids is 1. The van der Waals surface area contributed by atoms with Crippen molar-refractivity contribution >= 4 is 16.0 Å². The number of piperidine rings is 1. The van der Waals surface area contributed by atoms with Crippen LogP contribution in [0.2, 0.25) is 0 Å². The number of aliphatic hydroxyl groups is 1. The number of aromatic amines is 1. The maximum atomic E-state index is 12.3. The quantitative estimate of drug-likeness (QED) is 0.738. The van der Waals surface area contributed by atoms with Gasteiger partial charge in [0.1, 0.15) is 10.6 Å². The van der Waals surface area contributed by atoms with Gasteiger partial charge in [0.25, 0.3) is 0 Å². The van der Waals surface area contributed by atoms with Gasteiger partial charge in [0.15, 0.2) is 0 Å². The van der Waals surface area contributed by atoms with Gasteiger partial charge >= 0.3 is 5.97 Å². The Morgan fingerprint density at radius 2 is 2.21 bits per heavy atom. The minimum Gasteiger partial charge on any atom is -0.477 e. The summed E-state index contributed by atoms with van der Waals surface area (Å²) in [6.07, 6.45) is 2.27. The Hall–Kier alpha value is -1.38. The summed E-state index contributed by atoms with van der Waals surface area (Å²) < 4.78 is 25.8. The molecule has 8 heteroatoms. The zero-order valence-electron chi connectivity index (χ0n) is 10.5. The predicted octanol–water partition coefficient (Wildman–Crippen LogP) is 0.248. The molecule has 19 heavy (non-hydrogen) atoms. The number of nitrogens with one attached hydrogen (secondary N) is 1. The summed E-state index contributed by atoms with van der Waals surface area (Å²) in [5.41, 5.74) is -1.22. The molecule has 1 unspecified atom stereocenters. The van der Waals surface area contributed by atoms with E-state index in [0.29, 0.717) is 19.4 Å². The molecule has 1 aliphatic heterocycles. The molecule has 0 radical (unpaired) electrons. The van der Waals surface area contributed by atoms with E-state index in [0.717, 1.165) is 12.3 Å². The van der Waals surface area contributed by atoms with Gasteiger partial charge in [0, 0.05) is 19.3 Å². The van der Waals surface area contributed by atoms with Gasteiger partial charge in [-0.1, -0.05) is 0 Å². The lowest BCUT2D eigenvalue weighted by atomic mass is 9.97. The molecule has 0 bridgehead atoms. The van der Waals surface area contributed by atoms with Crippen molar-refractivity contribution in [2.75, 3.05) is 13.1 Å². The first-order valence-corrected chi connectivity index (χ1v) is 7.31.